The molecule has 0 unspecified atom stereocenters. The average molecular weight is 512 g/mol. The van der Waals surface area contributed by atoms with E-state index in [1.165, 1.54) is 5.56 Å². The number of ether oxygens (including phenoxy) is 1. The molecule has 7 nitrogen and oxygen atoms in total. The molecule has 0 atom stereocenters. The zero-order valence-electron chi connectivity index (χ0n) is 20.7. The average Bonchev–Trinajstić information content (AvgIpc) is 3.40. The quantitative estimate of drug-likeness (QED) is 0.388. The lowest BCUT2D eigenvalue weighted by molar-refractivity contribution is 0.0970. The number of nitrogens with one attached hydrogen (secondary N) is 1. The van der Waals surface area contributed by atoms with Crippen molar-refractivity contribution >= 4 is 23.2 Å². The molecule has 5 rings (SSSR count). The summed E-state index contributed by atoms with van der Waals surface area (Å²) in [5, 5.41) is 8.14. The number of hydrogen-bond donors (Lipinski definition) is 1. The number of benzene rings is 3. The van der Waals surface area contributed by atoms with Gasteiger partial charge in [-0.1, -0.05) is 48.5 Å². The van der Waals surface area contributed by atoms with Crippen molar-refractivity contribution in [2.45, 2.75) is 6.54 Å². The minimum absolute atomic E-state index is 0.273. The van der Waals surface area contributed by atoms with Crippen LogP contribution in [0.25, 0.3) is 16.9 Å². The fraction of sp³-hybridized carbons (Fsp3) is 0.207. The van der Waals surface area contributed by atoms with Gasteiger partial charge in [0.15, 0.2) is 5.11 Å². The number of aromatic nitrogens is 2. The molecular weight excluding hydrogens is 482 g/mol. The fourth-order valence-corrected chi connectivity index (χ4v) is 4.68. The molecule has 37 heavy (non-hydrogen) atoms. The van der Waals surface area contributed by atoms with Crippen molar-refractivity contribution < 1.29 is 9.53 Å². The molecule has 0 radical (unpaired) electrons. The van der Waals surface area contributed by atoms with Crippen molar-refractivity contribution in [1.29, 1.82) is 0 Å². The maximum Gasteiger partial charge on any atom is 0.261 e. The van der Waals surface area contributed by atoms with E-state index in [1.807, 2.05) is 60.7 Å². The Morgan fingerprint density at radius 2 is 1.57 bits per heavy atom. The number of amides is 1. The number of nitrogens with zero attached hydrogens (tertiary/aromatic N) is 4. The molecule has 1 amide bonds. The molecule has 1 aliphatic heterocycles. The molecule has 0 aliphatic carbocycles. The number of methoxy groups -OCH3 is 1. The van der Waals surface area contributed by atoms with Crippen molar-refractivity contribution in [3.8, 4) is 22.7 Å². The Morgan fingerprint density at radius 1 is 0.919 bits per heavy atom. The molecule has 0 saturated carbocycles. The molecule has 1 aromatic heterocycles. The van der Waals surface area contributed by atoms with E-state index in [0.29, 0.717) is 16.4 Å². The first-order valence-corrected chi connectivity index (χ1v) is 12.7. The number of rotatable bonds is 6. The molecule has 1 N–H and O–H groups in total. The second-order valence-corrected chi connectivity index (χ2v) is 9.29. The Kier molecular flexibility index (Phi) is 7.58. The predicted molar refractivity (Wildman–Crippen MR) is 149 cm³/mol. The summed E-state index contributed by atoms with van der Waals surface area (Å²) >= 11 is 5.64. The summed E-state index contributed by atoms with van der Waals surface area (Å²) in [7, 11) is 1.63. The van der Waals surface area contributed by atoms with Gasteiger partial charge < -0.3 is 9.64 Å². The third-order valence-corrected chi connectivity index (χ3v) is 6.83. The van der Waals surface area contributed by atoms with Crippen LogP contribution < -0.4 is 10.1 Å². The van der Waals surface area contributed by atoms with Crippen molar-refractivity contribution in [1.82, 2.24) is 24.9 Å². The molecule has 0 spiro atoms. The molecule has 1 saturated heterocycles. The van der Waals surface area contributed by atoms with Gasteiger partial charge in [-0.15, -0.1) is 0 Å². The maximum absolute atomic E-state index is 13.5. The Balaban J connectivity index is 1.30. The van der Waals surface area contributed by atoms with Crippen LogP contribution in [0.3, 0.4) is 0 Å². The van der Waals surface area contributed by atoms with Crippen LogP contribution in [0.2, 0.25) is 0 Å². The van der Waals surface area contributed by atoms with Gasteiger partial charge in [0.25, 0.3) is 5.91 Å². The standard InChI is InChI=1S/C29H29N5O2S/c1-36-25-14-12-23(13-15-25)27-26(21-34(31-27)24-10-6-3-7-11-24)28(35)30-29(37)33-18-16-32(17-19-33)20-22-8-4-2-5-9-22/h2-15,21H,16-20H2,1H3,(H,30,35,37). The first kappa shape index (κ1) is 24.7. The summed E-state index contributed by atoms with van der Waals surface area (Å²) in [6, 6.07) is 27.7. The summed E-state index contributed by atoms with van der Waals surface area (Å²) in [6.07, 6.45) is 1.75. The molecule has 4 aromatic rings. The van der Waals surface area contributed by atoms with Crippen molar-refractivity contribution in [2.24, 2.45) is 0 Å². The lowest BCUT2D eigenvalue weighted by Crippen LogP contribution is -2.52. The third-order valence-electron chi connectivity index (χ3n) is 6.47. The summed E-state index contributed by atoms with van der Waals surface area (Å²) in [5.74, 6) is 0.467. The van der Waals surface area contributed by atoms with E-state index < -0.39 is 0 Å². The maximum atomic E-state index is 13.5. The van der Waals surface area contributed by atoms with Crippen molar-refractivity contribution in [3.63, 3.8) is 0 Å². The normalized spacial score (nSPS) is 13.8. The minimum atomic E-state index is -0.273. The van der Waals surface area contributed by atoms with Crippen LogP contribution in [0.4, 0.5) is 0 Å². The van der Waals surface area contributed by atoms with Gasteiger partial charge in [0.2, 0.25) is 0 Å². The summed E-state index contributed by atoms with van der Waals surface area (Å²) < 4.78 is 7.01. The van der Waals surface area contributed by atoms with E-state index in [-0.39, 0.29) is 5.91 Å². The largest absolute Gasteiger partial charge is 0.497 e. The summed E-state index contributed by atoms with van der Waals surface area (Å²) in [6.45, 7) is 4.21. The van der Waals surface area contributed by atoms with Crippen LogP contribution >= 0.6 is 12.2 Å². The molecule has 0 bridgehead atoms. The van der Waals surface area contributed by atoms with Gasteiger partial charge in [-0.05, 0) is 54.2 Å². The highest BCUT2D eigenvalue weighted by Gasteiger charge is 2.23. The van der Waals surface area contributed by atoms with Crippen LogP contribution in [0.5, 0.6) is 5.75 Å². The van der Waals surface area contributed by atoms with Crippen LogP contribution in [-0.2, 0) is 6.54 Å². The van der Waals surface area contributed by atoms with E-state index in [9.17, 15) is 4.79 Å². The topological polar surface area (TPSA) is 62.6 Å². The lowest BCUT2D eigenvalue weighted by atomic mass is 10.1. The van der Waals surface area contributed by atoms with E-state index in [1.54, 1.807) is 18.0 Å². The monoisotopic (exact) mass is 511 g/mol. The van der Waals surface area contributed by atoms with Gasteiger partial charge >= 0.3 is 0 Å². The van der Waals surface area contributed by atoms with E-state index in [2.05, 4.69) is 39.4 Å². The zero-order valence-corrected chi connectivity index (χ0v) is 21.5. The number of carbonyl (C=O) groups is 1. The highest BCUT2D eigenvalue weighted by Crippen LogP contribution is 2.26. The van der Waals surface area contributed by atoms with E-state index in [0.717, 1.165) is 49.7 Å². The predicted octanol–water partition coefficient (Wildman–Crippen LogP) is 4.38. The second kappa shape index (κ2) is 11.4. The first-order chi connectivity index (χ1) is 18.1. The van der Waals surface area contributed by atoms with E-state index >= 15 is 0 Å². The third kappa shape index (κ3) is 5.87. The van der Waals surface area contributed by atoms with Crippen molar-refractivity contribution in [3.05, 3.63) is 102 Å². The van der Waals surface area contributed by atoms with Gasteiger partial charge in [-0.25, -0.2) is 4.68 Å². The van der Waals surface area contributed by atoms with Gasteiger partial charge in [0.1, 0.15) is 11.4 Å². The Morgan fingerprint density at radius 3 is 2.22 bits per heavy atom. The molecule has 188 valence electrons. The SMILES string of the molecule is COc1ccc(-c2nn(-c3ccccc3)cc2C(=O)NC(=S)N2CCN(Cc3ccccc3)CC2)cc1. The summed E-state index contributed by atoms with van der Waals surface area (Å²) in [5.41, 5.74) is 4.03. The Bertz CT molecular complexity index is 1350. The van der Waals surface area contributed by atoms with Crippen LogP contribution in [0.1, 0.15) is 15.9 Å². The van der Waals surface area contributed by atoms with E-state index in [4.69, 9.17) is 22.1 Å². The molecular formula is C29H29N5O2S. The molecule has 1 aliphatic rings. The second-order valence-electron chi connectivity index (χ2n) is 8.91. The van der Waals surface area contributed by atoms with Crippen LogP contribution in [0.15, 0.2) is 91.1 Å². The number of hydrogen-bond acceptors (Lipinski definition) is 5. The van der Waals surface area contributed by atoms with Gasteiger partial charge in [0, 0.05) is 44.5 Å². The van der Waals surface area contributed by atoms with Gasteiger partial charge in [-0.2, -0.15) is 5.10 Å². The number of thiocarbonyl (C=S) groups is 1. The molecule has 1 fully saturated rings. The number of para-hydroxylation sites is 1. The highest BCUT2D eigenvalue weighted by molar-refractivity contribution is 7.80. The smallest absolute Gasteiger partial charge is 0.261 e. The zero-order chi connectivity index (χ0) is 25.6. The molecule has 8 heteroatoms. The minimum Gasteiger partial charge on any atom is -0.497 e. The molecule has 2 heterocycles. The fourth-order valence-electron chi connectivity index (χ4n) is 4.41. The summed E-state index contributed by atoms with van der Waals surface area (Å²) in [4.78, 5) is 17.9. The van der Waals surface area contributed by atoms with Gasteiger partial charge in [-0.3, -0.25) is 15.0 Å². The van der Waals surface area contributed by atoms with Crippen LogP contribution in [0, 0.1) is 0 Å². The van der Waals surface area contributed by atoms with Gasteiger partial charge in [0.05, 0.1) is 18.4 Å². The Labute approximate surface area is 222 Å². The highest BCUT2D eigenvalue weighted by atomic mass is 32.1. The number of piperazine rings is 1. The van der Waals surface area contributed by atoms with Crippen LogP contribution in [-0.4, -0.2) is 63.9 Å². The van der Waals surface area contributed by atoms with Crippen molar-refractivity contribution in [2.75, 3.05) is 33.3 Å². The number of carbonyl (C=O) groups excluding carboxylic acids is 1. The lowest BCUT2D eigenvalue weighted by Gasteiger charge is -2.36. The Hall–Kier alpha value is -4.01. The molecule has 3 aromatic carbocycles. The first-order valence-electron chi connectivity index (χ1n) is 12.3.